The third kappa shape index (κ3) is 5.47. The Balaban J connectivity index is 1.75. The van der Waals surface area contributed by atoms with Crippen LogP contribution in [0.1, 0.15) is 73.3 Å². The van der Waals surface area contributed by atoms with Gasteiger partial charge in [0.25, 0.3) is 0 Å². The Kier molecular flexibility index (Phi) is 7.43. The highest BCUT2D eigenvalue weighted by Crippen LogP contribution is 2.37. The summed E-state index contributed by atoms with van der Waals surface area (Å²) in [5, 5.41) is 9.78. The van der Waals surface area contributed by atoms with E-state index in [0.717, 1.165) is 30.9 Å². The number of anilines is 1. The molecule has 3 heterocycles. The van der Waals surface area contributed by atoms with Gasteiger partial charge in [0.2, 0.25) is 5.82 Å². The molecule has 8 nitrogen and oxygen atoms in total. The third-order valence-corrected chi connectivity index (χ3v) is 7.91. The molecule has 0 bridgehead atoms. The minimum Gasteiger partial charge on any atom is -0.475 e. The monoisotopic (exact) mass is 570 g/mol. The summed E-state index contributed by atoms with van der Waals surface area (Å²) in [6.45, 7) is 6.00. The molecule has 0 amide bonds. The van der Waals surface area contributed by atoms with Gasteiger partial charge in [-0.15, -0.1) is 0 Å². The Morgan fingerprint density at radius 3 is 2.44 bits per heavy atom. The number of hydrogen-bond donors (Lipinski definition) is 1. The van der Waals surface area contributed by atoms with E-state index in [-0.39, 0.29) is 29.7 Å². The van der Waals surface area contributed by atoms with E-state index >= 15 is 0 Å². The maximum Gasteiger partial charge on any atom is 0.419 e. The van der Waals surface area contributed by atoms with E-state index in [1.165, 1.54) is 6.07 Å². The number of benzene rings is 1. The van der Waals surface area contributed by atoms with Crippen LogP contribution >= 0.6 is 0 Å². The van der Waals surface area contributed by atoms with E-state index in [1.54, 1.807) is 10.8 Å². The van der Waals surface area contributed by atoms with Crippen LogP contribution in [0.2, 0.25) is 0 Å². The number of pyridine rings is 1. The van der Waals surface area contributed by atoms with Crippen LogP contribution in [0.3, 0.4) is 0 Å². The summed E-state index contributed by atoms with van der Waals surface area (Å²) in [6, 6.07) is 6.51. The molecule has 1 unspecified atom stereocenters. The van der Waals surface area contributed by atoms with Gasteiger partial charge in [-0.05, 0) is 67.0 Å². The average Bonchev–Trinajstić information content (AvgIpc) is 3.24. The lowest BCUT2D eigenvalue weighted by Crippen LogP contribution is -2.39. The molecule has 0 saturated heterocycles. The fraction of sp³-hybridized carbons (Fsp3) is 0.414. The normalized spacial score (nSPS) is 14.9. The minimum atomic E-state index is -4.83. The first-order valence-corrected chi connectivity index (χ1v) is 13.4. The predicted molar refractivity (Wildman–Crippen MR) is 145 cm³/mol. The highest BCUT2D eigenvalue weighted by molar-refractivity contribution is 5.92. The van der Waals surface area contributed by atoms with Gasteiger partial charge in [0.1, 0.15) is 17.0 Å². The molecule has 0 radical (unpaired) electrons. The van der Waals surface area contributed by atoms with Crippen LogP contribution in [0.15, 0.2) is 36.5 Å². The molecule has 12 heteroatoms. The van der Waals surface area contributed by atoms with Crippen LogP contribution in [0, 0.1) is 11.7 Å². The molecule has 41 heavy (non-hydrogen) atoms. The summed E-state index contributed by atoms with van der Waals surface area (Å²) in [6.07, 6.45) is -0.0150. The number of rotatable bonds is 8. The van der Waals surface area contributed by atoms with Crippen molar-refractivity contribution in [1.29, 1.82) is 0 Å². The maximum atomic E-state index is 14.6. The van der Waals surface area contributed by atoms with E-state index in [4.69, 9.17) is 0 Å². The number of carboxylic acid groups (broad SMARTS) is 1. The number of nitrogens with zero attached hydrogens (tertiary/aromatic N) is 6. The zero-order valence-corrected chi connectivity index (χ0v) is 23.1. The minimum absolute atomic E-state index is 0.0150. The second-order valence-electron chi connectivity index (χ2n) is 10.9. The fourth-order valence-corrected chi connectivity index (χ4v) is 5.14. The summed E-state index contributed by atoms with van der Waals surface area (Å²) in [5.41, 5.74) is 0.808. The first-order valence-electron chi connectivity index (χ1n) is 13.4. The Morgan fingerprint density at radius 1 is 1.12 bits per heavy atom. The molecule has 5 rings (SSSR count). The van der Waals surface area contributed by atoms with Gasteiger partial charge >= 0.3 is 12.1 Å². The van der Waals surface area contributed by atoms with Gasteiger partial charge in [-0.2, -0.15) is 13.2 Å². The highest BCUT2D eigenvalue weighted by Gasteiger charge is 2.34. The first kappa shape index (κ1) is 28.4. The van der Waals surface area contributed by atoms with Crippen molar-refractivity contribution < 1.29 is 27.5 Å². The molecule has 1 saturated carbocycles. The van der Waals surface area contributed by atoms with Crippen molar-refractivity contribution in [3.63, 3.8) is 0 Å². The smallest absolute Gasteiger partial charge is 0.419 e. The van der Waals surface area contributed by atoms with Crippen molar-refractivity contribution >= 4 is 23.0 Å². The SMILES string of the molecule is CC(C)c1ccnc(-c2nc3nc(C(=O)O)nc(N(C)C(C)C4CCC4)c3n2Cc2ccc(C(F)(F)F)c(F)c2)c1. The van der Waals surface area contributed by atoms with Gasteiger partial charge in [-0.25, -0.2) is 24.1 Å². The maximum absolute atomic E-state index is 14.6. The second kappa shape index (κ2) is 10.7. The van der Waals surface area contributed by atoms with E-state index in [2.05, 4.69) is 19.9 Å². The van der Waals surface area contributed by atoms with Crippen LogP contribution in [-0.4, -0.2) is 48.7 Å². The molecule has 1 N–H and O–H groups in total. The zero-order valence-electron chi connectivity index (χ0n) is 23.1. The lowest BCUT2D eigenvalue weighted by molar-refractivity contribution is -0.140. The lowest BCUT2D eigenvalue weighted by atomic mass is 9.80. The highest BCUT2D eigenvalue weighted by atomic mass is 19.4. The van der Waals surface area contributed by atoms with E-state index in [0.29, 0.717) is 34.8 Å². The molecule has 216 valence electrons. The van der Waals surface area contributed by atoms with Gasteiger partial charge in [-0.1, -0.05) is 26.3 Å². The zero-order chi connectivity index (χ0) is 29.6. The summed E-state index contributed by atoms with van der Waals surface area (Å²) < 4.78 is 56.0. The molecular weight excluding hydrogens is 540 g/mol. The van der Waals surface area contributed by atoms with Gasteiger partial charge < -0.3 is 14.6 Å². The van der Waals surface area contributed by atoms with Crippen molar-refractivity contribution in [2.75, 3.05) is 11.9 Å². The van der Waals surface area contributed by atoms with Crippen LogP contribution < -0.4 is 4.90 Å². The lowest BCUT2D eigenvalue weighted by Gasteiger charge is -2.38. The predicted octanol–water partition coefficient (Wildman–Crippen LogP) is 6.54. The van der Waals surface area contributed by atoms with Gasteiger partial charge in [0.15, 0.2) is 17.3 Å². The molecule has 1 aliphatic rings. The average molecular weight is 571 g/mol. The fourth-order valence-electron chi connectivity index (χ4n) is 5.14. The topological polar surface area (TPSA) is 97.0 Å². The standard InChI is InChI=1S/C29H30F4N6O2/c1-15(2)19-10-11-34-22(13-19)26-36-24-23(39(26)14-17-8-9-20(21(30)12-17)29(31,32)33)27(37-25(35-24)28(40)41)38(4)16(3)18-6-5-7-18/h8-13,15-16,18H,5-7,14H2,1-4H3,(H,40,41). The molecule has 0 aliphatic heterocycles. The Bertz CT molecular complexity index is 1610. The van der Waals surface area contributed by atoms with Crippen LogP contribution in [0.25, 0.3) is 22.7 Å². The number of alkyl halides is 3. The van der Waals surface area contributed by atoms with Crippen molar-refractivity contribution in [1.82, 2.24) is 24.5 Å². The molecule has 1 aromatic carbocycles. The molecule has 0 spiro atoms. The third-order valence-electron chi connectivity index (χ3n) is 7.91. The summed E-state index contributed by atoms with van der Waals surface area (Å²) in [4.78, 5) is 31.6. The summed E-state index contributed by atoms with van der Waals surface area (Å²) in [7, 11) is 1.82. The van der Waals surface area contributed by atoms with Crippen molar-refractivity contribution in [3.05, 3.63) is 64.9 Å². The Morgan fingerprint density at radius 2 is 1.85 bits per heavy atom. The van der Waals surface area contributed by atoms with Gasteiger partial charge in [0.05, 0.1) is 12.1 Å². The van der Waals surface area contributed by atoms with Crippen LogP contribution in [0.4, 0.5) is 23.4 Å². The van der Waals surface area contributed by atoms with Crippen molar-refractivity contribution in [2.45, 2.75) is 64.7 Å². The molecule has 1 aliphatic carbocycles. The van der Waals surface area contributed by atoms with Crippen molar-refractivity contribution in [2.24, 2.45) is 5.92 Å². The number of fused-ring (bicyclic) bond motifs is 1. The summed E-state index contributed by atoms with van der Waals surface area (Å²) >= 11 is 0. The molecule has 4 aromatic rings. The molecular formula is C29H30F4N6O2. The Hall–Kier alpha value is -4.09. The number of imidazole rings is 1. The number of carboxylic acids is 1. The van der Waals surface area contributed by atoms with Crippen LogP contribution in [-0.2, 0) is 12.7 Å². The van der Waals surface area contributed by atoms with E-state index in [1.807, 2.05) is 44.9 Å². The number of hydrogen-bond acceptors (Lipinski definition) is 6. The Labute approximate surface area is 234 Å². The molecule has 1 atom stereocenters. The second-order valence-corrected chi connectivity index (χ2v) is 10.9. The summed E-state index contributed by atoms with van der Waals surface area (Å²) in [5.74, 6) is -1.95. The quantitative estimate of drug-likeness (QED) is 0.240. The van der Waals surface area contributed by atoms with Gasteiger partial charge in [-0.3, -0.25) is 4.98 Å². The van der Waals surface area contributed by atoms with Gasteiger partial charge in [0, 0.05) is 19.3 Å². The molecule has 3 aromatic heterocycles. The number of carbonyl (C=O) groups is 1. The number of halogens is 4. The molecule has 1 fully saturated rings. The van der Waals surface area contributed by atoms with Crippen molar-refractivity contribution in [3.8, 4) is 11.5 Å². The largest absolute Gasteiger partial charge is 0.475 e. The van der Waals surface area contributed by atoms with Crippen LogP contribution in [0.5, 0.6) is 0 Å². The number of aromatic nitrogens is 5. The van der Waals surface area contributed by atoms with E-state index < -0.39 is 29.4 Å². The number of aromatic carboxylic acids is 1. The first-order chi connectivity index (χ1) is 19.3. The van der Waals surface area contributed by atoms with E-state index in [9.17, 15) is 27.5 Å².